The predicted octanol–water partition coefficient (Wildman–Crippen LogP) is 5.63. The monoisotopic (exact) mass is 514 g/mol. The third-order valence-corrected chi connectivity index (χ3v) is 5.03. The molecule has 2 aromatic carbocycles. The van der Waals surface area contributed by atoms with Gasteiger partial charge in [0, 0.05) is 16.1 Å². The van der Waals surface area contributed by atoms with Crippen LogP contribution in [0.2, 0.25) is 10.0 Å². The van der Waals surface area contributed by atoms with Crippen molar-refractivity contribution in [1.82, 2.24) is 5.43 Å². The molecule has 8 heteroatoms. The van der Waals surface area contributed by atoms with Gasteiger partial charge < -0.3 is 9.15 Å². The maximum atomic E-state index is 12.2. The molecule has 1 heterocycles. The van der Waals surface area contributed by atoms with Crippen molar-refractivity contribution in [2.45, 2.75) is 0 Å². The molecule has 3 rings (SSSR count). The smallest absolute Gasteiger partial charge is 0.271 e. The highest BCUT2D eigenvalue weighted by atomic mass is 127. The standard InChI is InChI=1S/C19H13Cl2IN2O3/c1-26-18-8-11(2-6-16(18)22)19(25)24-23-10-13-4-7-17(27-13)14-5-3-12(20)9-15(14)21/h2-10H,1H3,(H,24,25)/b23-10+. The first-order valence-electron chi connectivity index (χ1n) is 7.70. The average molecular weight is 515 g/mol. The van der Waals surface area contributed by atoms with Gasteiger partial charge in [0.2, 0.25) is 0 Å². The van der Waals surface area contributed by atoms with Gasteiger partial charge in [0.1, 0.15) is 17.3 Å². The number of furan rings is 1. The van der Waals surface area contributed by atoms with Gasteiger partial charge in [-0.1, -0.05) is 23.2 Å². The van der Waals surface area contributed by atoms with Crippen LogP contribution in [0.25, 0.3) is 11.3 Å². The van der Waals surface area contributed by atoms with Crippen molar-refractivity contribution in [2.75, 3.05) is 7.11 Å². The van der Waals surface area contributed by atoms with Crippen LogP contribution < -0.4 is 10.2 Å². The zero-order chi connectivity index (χ0) is 19.4. The number of methoxy groups -OCH3 is 1. The molecule has 0 fully saturated rings. The van der Waals surface area contributed by atoms with Gasteiger partial charge in [-0.05, 0) is 71.1 Å². The fourth-order valence-electron chi connectivity index (χ4n) is 2.28. The lowest BCUT2D eigenvalue weighted by Crippen LogP contribution is -2.17. The Labute approximate surface area is 179 Å². The lowest BCUT2D eigenvalue weighted by Gasteiger charge is -2.05. The number of hydrogen-bond donors (Lipinski definition) is 1. The van der Waals surface area contributed by atoms with Crippen molar-refractivity contribution in [3.63, 3.8) is 0 Å². The second-order valence-corrected chi connectivity index (χ2v) is 7.38. The second-order valence-electron chi connectivity index (χ2n) is 5.37. The number of hydrazone groups is 1. The molecule has 0 aliphatic carbocycles. The van der Waals surface area contributed by atoms with Gasteiger partial charge in [0.25, 0.3) is 5.91 Å². The summed E-state index contributed by atoms with van der Waals surface area (Å²) < 4.78 is 11.8. The Morgan fingerprint density at radius 2 is 2.00 bits per heavy atom. The summed E-state index contributed by atoms with van der Waals surface area (Å²) in [6, 6.07) is 13.8. The fourth-order valence-corrected chi connectivity index (χ4v) is 3.33. The van der Waals surface area contributed by atoms with E-state index in [2.05, 4.69) is 33.1 Å². The largest absolute Gasteiger partial charge is 0.496 e. The van der Waals surface area contributed by atoms with Crippen molar-refractivity contribution in [3.05, 3.63) is 73.5 Å². The molecule has 0 saturated carbocycles. The van der Waals surface area contributed by atoms with Gasteiger partial charge in [-0.15, -0.1) is 0 Å². The summed E-state index contributed by atoms with van der Waals surface area (Å²) in [5, 5.41) is 4.96. The van der Waals surface area contributed by atoms with Crippen molar-refractivity contribution in [1.29, 1.82) is 0 Å². The van der Waals surface area contributed by atoms with E-state index < -0.39 is 0 Å². The van der Waals surface area contributed by atoms with E-state index in [0.29, 0.717) is 32.9 Å². The summed E-state index contributed by atoms with van der Waals surface area (Å²) >= 11 is 14.2. The lowest BCUT2D eigenvalue weighted by molar-refractivity contribution is 0.0954. The zero-order valence-electron chi connectivity index (χ0n) is 14.0. The summed E-state index contributed by atoms with van der Waals surface area (Å²) in [5.74, 6) is 1.32. The van der Waals surface area contributed by atoms with E-state index in [9.17, 15) is 4.79 Å². The maximum absolute atomic E-state index is 12.2. The Bertz CT molecular complexity index is 1020. The van der Waals surface area contributed by atoms with Crippen LogP contribution in [0.3, 0.4) is 0 Å². The van der Waals surface area contributed by atoms with Gasteiger partial charge in [-0.2, -0.15) is 5.10 Å². The summed E-state index contributed by atoms with van der Waals surface area (Å²) in [5.41, 5.74) is 3.62. The number of nitrogens with zero attached hydrogens (tertiary/aromatic N) is 1. The highest BCUT2D eigenvalue weighted by Crippen LogP contribution is 2.31. The van der Waals surface area contributed by atoms with Gasteiger partial charge in [0.05, 0.1) is 21.9 Å². The number of ether oxygens (including phenoxy) is 1. The Morgan fingerprint density at radius 3 is 2.74 bits per heavy atom. The van der Waals surface area contributed by atoms with Crippen LogP contribution in [0.15, 0.2) is 58.0 Å². The molecule has 3 aromatic rings. The topological polar surface area (TPSA) is 63.8 Å². The highest BCUT2D eigenvalue weighted by Gasteiger charge is 2.10. The predicted molar refractivity (Wildman–Crippen MR) is 115 cm³/mol. The third kappa shape index (κ3) is 4.82. The van der Waals surface area contributed by atoms with Gasteiger partial charge in [-0.3, -0.25) is 4.79 Å². The van der Waals surface area contributed by atoms with Crippen molar-refractivity contribution in [3.8, 4) is 17.1 Å². The van der Waals surface area contributed by atoms with E-state index in [1.807, 2.05) is 0 Å². The molecule has 1 N–H and O–H groups in total. The molecule has 1 aromatic heterocycles. The van der Waals surface area contributed by atoms with E-state index in [1.165, 1.54) is 6.21 Å². The highest BCUT2D eigenvalue weighted by molar-refractivity contribution is 14.1. The summed E-state index contributed by atoms with van der Waals surface area (Å²) in [7, 11) is 1.55. The average Bonchev–Trinajstić information content (AvgIpc) is 3.10. The molecule has 0 bridgehead atoms. The number of carbonyl (C=O) groups is 1. The van der Waals surface area contributed by atoms with Crippen LogP contribution in [0.1, 0.15) is 16.1 Å². The van der Waals surface area contributed by atoms with E-state index in [1.54, 1.807) is 55.6 Å². The third-order valence-electron chi connectivity index (χ3n) is 3.59. The van der Waals surface area contributed by atoms with Crippen LogP contribution in [-0.4, -0.2) is 19.2 Å². The summed E-state index contributed by atoms with van der Waals surface area (Å²) in [6.07, 6.45) is 1.41. The Morgan fingerprint density at radius 1 is 1.19 bits per heavy atom. The van der Waals surface area contributed by atoms with E-state index in [-0.39, 0.29) is 5.91 Å². The first-order valence-corrected chi connectivity index (χ1v) is 9.53. The normalized spacial score (nSPS) is 11.0. The number of hydrogen-bond acceptors (Lipinski definition) is 4. The van der Waals surface area contributed by atoms with Crippen LogP contribution >= 0.6 is 45.8 Å². The molecule has 0 atom stereocenters. The van der Waals surface area contributed by atoms with Crippen LogP contribution in [0.5, 0.6) is 5.75 Å². The second kappa shape index (κ2) is 8.77. The Kier molecular flexibility index (Phi) is 6.41. The molecule has 0 aliphatic heterocycles. The molecular weight excluding hydrogens is 502 g/mol. The molecule has 0 aliphatic rings. The molecule has 138 valence electrons. The number of rotatable bonds is 5. The molecule has 27 heavy (non-hydrogen) atoms. The quantitative estimate of drug-likeness (QED) is 0.272. The van der Waals surface area contributed by atoms with E-state index >= 15 is 0 Å². The molecule has 0 saturated heterocycles. The van der Waals surface area contributed by atoms with E-state index in [4.69, 9.17) is 32.4 Å². The summed E-state index contributed by atoms with van der Waals surface area (Å²) in [6.45, 7) is 0. The fraction of sp³-hybridized carbons (Fsp3) is 0.0526. The Balaban J connectivity index is 1.68. The first kappa shape index (κ1) is 19.7. The molecule has 5 nitrogen and oxygen atoms in total. The zero-order valence-corrected chi connectivity index (χ0v) is 17.7. The summed E-state index contributed by atoms with van der Waals surface area (Å²) in [4.78, 5) is 12.2. The number of amides is 1. The Hall–Kier alpha value is -2.03. The SMILES string of the molecule is COc1cc(C(=O)N/N=C/c2ccc(-c3ccc(Cl)cc3Cl)o2)ccc1I. The molecule has 0 unspecified atom stereocenters. The molecular formula is C19H13Cl2IN2O3. The van der Waals surface area contributed by atoms with Crippen molar-refractivity contribution >= 4 is 57.9 Å². The lowest BCUT2D eigenvalue weighted by atomic mass is 10.2. The number of benzene rings is 2. The van der Waals surface area contributed by atoms with Gasteiger partial charge >= 0.3 is 0 Å². The van der Waals surface area contributed by atoms with Gasteiger partial charge in [-0.25, -0.2) is 5.43 Å². The minimum absolute atomic E-state index is 0.353. The molecule has 0 spiro atoms. The van der Waals surface area contributed by atoms with Crippen molar-refractivity contribution in [2.24, 2.45) is 5.10 Å². The number of halogens is 3. The van der Waals surface area contributed by atoms with Crippen molar-refractivity contribution < 1.29 is 13.9 Å². The first-order chi connectivity index (χ1) is 13.0. The maximum Gasteiger partial charge on any atom is 0.271 e. The number of nitrogens with one attached hydrogen (secondary N) is 1. The van der Waals surface area contributed by atoms with Crippen LogP contribution in [0.4, 0.5) is 0 Å². The number of carbonyl (C=O) groups excluding carboxylic acids is 1. The minimum Gasteiger partial charge on any atom is -0.496 e. The van der Waals surface area contributed by atoms with Crippen LogP contribution in [-0.2, 0) is 0 Å². The molecule has 1 amide bonds. The van der Waals surface area contributed by atoms with Crippen LogP contribution in [0, 0.1) is 3.57 Å². The van der Waals surface area contributed by atoms with Gasteiger partial charge in [0.15, 0.2) is 0 Å². The minimum atomic E-state index is -0.353. The molecule has 0 radical (unpaired) electrons. The van der Waals surface area contributed by atoms with E-state index in [0.717, 1.165) is 9.13 Å².